The Morgan fingerprint density at radius 1 is 0.913 bits per heavy atom. The van der Waals surface area contributed by atoms with Gasteiger partial charge in [0.25, 0.3) is 11.5 Å². The van der Waals surface area contributed by atoms with Crippen molar-refractivity contribution in [3.8, 4) is 0 Å². The maximum Gasteiger partial charge on any atom is 0.265 e. The third-order valence-corrected chi connectivity index (χ3v) is 15.6. The topological polar surface area (TPSA) is 111 Å². The number of benzene rings is 2. The van der Waals surface area contributed by atoms with Gasteiger partial charge in [-0.25, -0.2) is 18.2 Å². The number of piperazine rings is 1. The number of hydrogen-bond donors (Lipinski definition) is 3. The third kappa shape index (κ3) is 9.91. The molecule has 5 fully saturated rings. The minimum atomic E-state index is -2.98. The number of halogens is 4. The van der Waals surface area contributed by atoms with Gasteiger partial charge in [0.15, 0.2) is 5.82 Å². The molecule has 1 atom stereocenters. The third-order valence-electron chi connectivity index (χ3n) is 15.3. The van der Waals surface area contributed by atoms with Crippen LogP contribution in [0.15, 0.2) is 65.9 Å². The molecule has 370 valence electrons. The fourth-order valence-corrected chi connectivity index (χ4v) is 11.3. The monoisotopic (exact) mass is 968 g/mol. The van der Waals surface area contributed by atoms with E-state index in [-0.39, 0.29) is 45.4 Å². The van der Waals surface area contributed by atoms with Gasteiger partial charge in [-0.05, 0) is 89.0 Å². The van der Waals surface area contributed by atoms with Gasteiger partial charge in [-0.2, -0.15) is 10.1 Å². The number of aryl methyl sites for hydroxylation is 2. The van der Waals surface area contributed by atoms with Crippen molar-refractivity contribution in [2.75, 3.05) is 66.2 Å². The van der Waals surface area contributed by atoms with E-state index < -0.39 is 30.3 Å². The van der Waals surface area contributed by atoms with Crippen molar-refractivity contribution in [2.24, 2.45) is 25.4 Å². The zero-order chi connectivity index (χ0) is 49.0. The molecule has 1 unspecified atom stereocenters. The van der Waals surface area contributed by atoms with Gasteiger partial charge in [0.1, 0.15) is 10.8 Å². The second-order valence-corrected chi connectivity index (χ2v) is 21.3. The van der Waals surface area contributed by atoms with E-state index in [1.54, 1.807) is 0 Å². The van der Waals surface area contributed by atoms with Crippen molar-refractivity contribution in [1.29, 1.82) is 0 Å². The summed E-state index contributed by atoms with van der Waals surface area (Å²) in [5.74, 6) is -2.04. The summed E-state index contributed by atoms with van der Waals surface area (Å²) in [5, 5.41) is 16.0. The Morgan fingerprint density at radius 3 is 2.35 bits per heavy atom. The number of fused-ring (bicyclic) bond motifs is 4. The second kappa shape index (κ2) is 19.1. The zero-order valence-electron chi connectivity index (χ0n) is 41.3. The fraction of sp³-hybridized carbons (Fsp3) is 0.547. The summed E-state index contributed by atoms with van der Waals surface area (Å²) in [6.45, 7) is 22.2. The standard InChI is InChI=1S/C48H57ClF3N11O.C3H6.C2H6/c1-28-7-9-32(29(2)55-28)42-33-10-8-31(19-40(33)60(6)58-42)61-17-18-63(46(3,4)25-61)23-30-11-14-47(15-12-30)26-62(27-47)45-53-22-36(49)43(57-45)56-38-20-35-39(21-37(38)50)59(5)44(64)34-13-16-48(51,52)24-54-41(34)35;1-2-3-1;1-2/h8,10,19-22,30,32,54-55H,1-2,7,9,11-18,23-27H2,3-6H3,(H,53,56,57);1-3H2;1-2H3. The summed E-state index contributed by atoms with van der Waals surface area (Å²) in [6.07, 6.45) is 12.0. The van der Waals surface area contributed by atoms with Crippen LogP contribution in [0.5, 0.6) is 0 Å². The van der Waals surface area contributed by atoms with Crippen molar-refractivity contribution in [2.45, 2.75) is 116 Å². The highest BCUT2D eigenvalue weighted by Crippen LogP contribution is 2.48. The van der Waals surface area contributed by atoms with Crippen LogP contribution in [-0.4, -0.2) is 86.5 Å². The Hall–Kier alpha value is -5.28. The lowest BCUT2D eigenvalue weighted by atomic mass is 9.66. The number of piperidine rings is 1. The largest absolute Gasteiger partial charge is 0.378 e. The number of nitrogens with one attached hydrogen (secondary N) is 3. The van der Waals surface area contributed by atoms with Crippen LogP contribution in [0.25, 0.3) is 21.8 Å². The van der Waals surface area contributed by atoms with E-state index in [0.29, 0.717) is 28.5 Å². The van der Waals surface area contributed by atoms with Gasteiger partial charge >= 0.3 is 0 Å². The second-order valence-electron chi connectivity index (χ2n) is 20.9. The van der Waals surface area contributed by atoms with Gasteiger partial charge in [-0.15, -0.1) is 0 Å². The Bertz CT molecular complexity index is 2820. The number of rotatable bonds is 7. The van der Waals surface area contributed by atoms with Crippen LogP contribution in [0.3, 0.4) is 0 Å². The van der Waals surface area contributed by atoms with E-state index in [2.05, 4.69) is 80.8 Å². The van der Waals surface area contributed by atoms with Crippen molar-refractivity contribution >= 4 is 62.2 Å². The van der Waals surface area contributed by atoms with Crippen LogP contribution in [0.2, 0.25) is 5.02 Å². The van der Waals surface area contributed by atoms with Crippen molar-refractivity contribution in [3.05, 3.63) is 93.5 Å². The SMILES string of the molecule is C1CC1.C=C1CCC(c2nn(C)c3cc(N4CCN(CC5CCC6(CC5)CN(c5ncc(Cl)c(Nc7cc8c9c(c(=O)n(C)c8cc7F)CCC(F)(F)CN9)n5)C6)C(C)(C)C4)ccc23)C(=C)N1.CC. The molecule has 3 N–H and O–H groups in total. The summed E-state index contributed by atoms with van der Waals surface area (Å²) in [7, 11) is 3.56. The van der Waals surface area contributed by atoms with E-state index in [0.717, 1.165) is 87.6 Å². The Labute approximate surface area is 409 Å². The molecular weight excluding hydrogens is 899 g/mol. The summed E-state index contributed by atoms with van der Waals surface area (Å²) < 4.78 is 47.8. The molecule has 3 aromatic heterocycles. The minimum Gasteiger partial charge on any atom is -0.378 e. The number of nitrogens with zero attached hydrogens (tertiary/aromatic N) is 8. The van der Waals surface area contributed by atoms with Crippen LogP contribution in [0.4, 0.5) is 42.0 Å². The predicted molar refractivity (Wildman–Crippen MR) is 275 cm³/mol. The zero-order valence-corrected chi connectivity index (χ0v) is 42.0. The summed E-state index contributed by atoms with van der Waals surface area (Å²) >= 11 is 6.57. The number of anilines is 5. The van der Waals surface area contributed by atoms with Gasteiger partial charge in [0.2, 0.25) is 5.95 Å². The molecule has 7 heterocycles. The van der Waals surface area contributed by atoms with Gasteiger partial charge in [0, 0.05) is 116 Å². The maximum absolute atomic E-state index is 15.7. The molecule has 6 aliphatic rings. The first-order valence-electron chi connectivity index (χ1n) is 25.1. The lowest BCUT2D eigenvalue weighted by Gasteiger charge is -2.54. The highest BCUT2D eigenvalue weighted by molar-refractivity contribution is 6.33. The molecule has 11 rings (SSSR count). The molecular formula is C53H69ClF3N11O. The van der Waals surface area contributed by atoms with Crippen molar-refractivity contribution < 1.29 is 13.2 Å². The Morgan fingerprint density at radius 2 is 1.65 bits per heavy atom. The molecule has 5 aromatic rings. The highest BCUT2D eigenvalue weighted by Gasteiger charge is 2.47. The number of pyridine rings is 1. The molecule has 2 saturated carbocycles. The molecule has 69 heavy (non-hydrogen) atoms. The van der Waals surface area contributed by atoms with E-state index in [1.807, 2.05) is 25.6 Å². The number of alkyl halides is 2. The van der Waals surface area contributed by atoms with E-state index in [9.17, 15) is 13.6 Å². The van der Waals surface area contributed by atoms with Crippen LogP contribution in [-0.2, 0) is 20.5 Å². The highest BCUT2D eigenvalue weighted by atomic mass is 35.5. The Balaban J connectivity index is 0.00000113. The smallest absolute Gasteiger partial charge is 0.265 e. The van der Waals surface area contributed by atoms with Crippen molar-refractivity contribution in [1.82, 2.24) is 34.5 Å². The quantitative estimate of drug-likeness (QED) is 0.146. The first-order chi connectivity index (χ1) is 33.0. The molecule has 0 bridgehead atoms. The van der Waals surface area contributed by atoms with Crippen LogP contribution >= 0.6 is 11.6 Å². The number of hydrogen-bond acceptors (Lipinski definition) is 10. The summed E-state index contributed by atoms with van der Waals surface area (Å²) in [6, 6.07) is 9.58. The summed E-state index contributed by atoms with van der Waals surface area (Å²) in [5.41, 5.74) is 6.19. The van der Waals surface area contributed by atoms with Crippen LogP contribution in [0, 0.1) is 17.2 Å². The van der Waals surface area contributed by atoms with Gasteiger partial charge in [-0.3, -0.25) is 14.4 Å². The average Bonchev–Trinajstić information content (AvgIpc) is 4.19. The minimum absolute atomic E-state index is 0.0142. The predicted octanol–water partition coefficient (Wildman–Crippen LogP) is 11.0. The van der Waals surface area contributed by atoms with E-state index >= 15 is 4.39 Å². The molecule has 0 amide bonds. The molecule has 3 saturated heterocycles. The molecule has 2 aromatic carbocycles. The molecule has 4 aliphatic heterocycles. The first-order valence-corrected chi connectivity index (χ1v) is 25.5. The van der Waals surface area contributed by atoms with Gasteiger partial charge in [-0.1, -0.05) is 57.9 Å². The molecule has 1 spiro atoms. The van der Waals surface area contributed by atoms with Gasteiger partial charge < -0.3 is 30.3 Å². The molecule has 12 nitrogen and oxygen atoms in total. The number of allylic oxidation sites excluding steroid dienone is 2. The van der Waals surface area contributed by atoms with Crippen LogP contribution < -0.4 is 31.3 Å². The maximum atomic E-state index is 15.7. The number of aromatic nitrogens is 5. The van der Waals surface area contributed by atoms with E-state index in [4.69, 9.17) is 21.7 Å². The molecule has 2 aliphatic carbocycles. The molecule has 16 heteroatoms. The fourth-order valence-electron chi connectivity index (χ4n) is 11.1. The first kappa shape index (κ1) is 48.7. The summed E-state index contributed by atoms with van der Waals surface area (Å²) in [4.78, 5) is 29.8. The molecule has 0 radical (unpaired) electrons. The van der Waals surface area contributed by atoms with Crippen LogP contribution in [0.1, 0.15) is 109 Å². The average molecular weight is 969 g/mol. The van der Waals surface area contributed by atoms with E-state index in [1.165, 1.54) is 73.1 Å². The normalized spacial score (nSPS) is 21.8. The van der Waals surface area contributed by atoms with Gasteiger partial charge in [0.05, 0.1) is 40.8 Å². The Kier molecular flexibility index (Phi) is 13.5. The lowest BCUT2D eigenvalue weighted by molar-refractivity contribution is 0.00837. The van der Waals surface area contributed by atoms with Crippen molar-refractivity contribution in [3.63, 3.8) is 0 Å². The lowest BCUT2D eigenvalue weighted by Crippen LogP contribution is -2.61.